The van der Waals surface area contributed by atoms with Gasteiger partial charge in [0.1, 0.15) is 0 Å². The van der Waals surface area contributed by atoms with Crippen molar-refractivity contribution in [2.75, 3.05) is 6.54 Å². The van der Waals surface area contributed by atoms with Crippen LogP contribution in [0.3, 0.4) is 0 Å². The Labute approximate surface area is 130 Å². The van der Waals surface area contributed by atoms with Gasteiger partial charge in [0.25, 0.3) is 0 Å². The quantitative estimate of drug-likeness (QED) is 0.717. The van der Waals surface area contributed by atoms with Crippen LogP contribution in [0.5, 0.6) is 0 Å². The Hall–Kier alpha value is -2.13. The summed E-state index contributed by atoms with van der Waals surface area (Å²) < 4.78 is 0. The Kier molecular flexibility index (Phi) is 3.05. The van der Waals surface area contributed by atoms with Crippen molar-refractivity contribution in [2.24, 2.45) is 0 Å². The van der Waals surface area contributed by atoms with E-state index in [1.54, 1.807) is 0 Å². The molecule has 22 heavy (non-hydrogen) atoms. The molecule has 0 radical (unpaired) electrons. The second-order valence-corrected chi connectivity index (χ2v) is 6.36. The van der Waals surface area contributed by atoms with Crippen LogP contribution in [0.15, 0.2) is 30.3 Å². The number of H-pyrrole nitrogens is 1. The molecule has 3 heterocycles. The van der Waals surface area contributed by atoms with Gasteiger partial charge in [-0.2, -0.15) is 0 Å². The first-order valence-electron chi connectivity index (χ1n) is 7.92. The van der Waals surface area contributed by atoms with Gasteiger partial charge in [-0.05, 0) is 62.1 Å². The Balaban J connectivity index is 1.93. The lowest BCUT2D eigenvalue weighted by atomic mass is 9.95. The Bertz CT molecular complexity index is 860. The molecular weight excluding hydrogens is 270 g/mol. The third kappa shape index (κ3) is 2.04. The lowest BCUT2D eigenvalue weighted by Crippen LogP contribution is -2.31. The maximum absolute atomic E-state index is 4.72. The SMILES string of the molecule is Cc1cc(C)c2c3c([nH]c2c1)C(c1cccc(C)n1)NCC3. The zero-order chi connectivity index (χ0) is 15.3. The second kappa shape index (κ2) is 4.96. The molecule has 1 aromatic carbocycles. The molecule has 4 rings (SSSR count). The van der Waals surface area contributed by atoms with Crippen LogP contribution in [-0.2, 0) is 6.42 Å². The van der Waals surface area contributed by atoms with E-state index < -0.39 is 0 Å². The number of benzene rings is 1. The van der Waals surface area contributed by atoms with Gasteiger partial charge in [-0.25, -0.2) is 0 Å². The molecule has 3 aromatic rings. The molecule has 112 valence electrons. The van der Waals surface area contributed by atoms with Crippen molar-refractivity contribution < 1.29 is 0 Å². The fourth-order valence-electron chi connectivity index (χ4n) is 3.75. The molecule has 0 fully saturated rings. The van der Waals surface area contributed by atoms with Crippen molar-refractivity contribution in [3.05, 3.63) is 64.1 Å². The van der Waals surface area contributed by atoms with Gasteiger partial charge in [-0.3, -0.25) is 4.98 Å². The number of aromatic amines is 1. The number of hydrogen-bond donors (Lipinski definition) is 2. The Morgan fingerprint density at radius 1 is 1.14 bits per heavy atom. The lowest BCUT2D eigenvalue weighted by Gasteiger charge is -2.24. The van der Waals surface area contributed by atoms with Crippen LogP contribution in [0.1, 0.15) is 39.8 Å². The summed E-state index contributed by atoms with van der Waals surface area (Å²) in [5, 5.41) is 5.02. The number of nitrogens with zero attached hydrogens (tertiary/aromatic N) is 1. The minimum atomic E-state index is 0.163. The molecule has 0 spiro atoms. The van der Waals surface area contributed by atoms with E-state index in [9.17, 15) is 0 Å². The van der Waals surface area contributed by atoms with E-state index in [1.165, 1.54) is 33.3 Å². The fraction of sp³-hybridized carbons (Fsp3) is 0.316. The highest BCUT2D eigenvalue weighted by molar-refractivity contribution is 5.89. The van der Waals surface area contributed by atoms with Gasteiger partial charge in [-0.15, -0.1) is 0 Å². The number of pyridine rings is 1. The topological polar surface area (TPSA) is 40.7 Å². The zero-order valence-electron chi connectivity index (χ0n) is 13.3. The number of aromatic nitrogens is 2. The van der Waals surface area contributed by atoms with Crippen molar-refractivity contribution >= 4 is 10.9 Å². The van der Waals surface area contributed by atoms with Gasteiger partial charge in [-0.1, -0.05) is 12.1 Å². The largest absolute Gasteiger partial charge is 0.357 e. The number of rotatable bonds is 1. The molecule has 3 nitrogen and oxygen atoms in total. The standard InChI is InChI=1S/C19H21N3/c1-11-9-12(2)17-14-7-8-20-19(18(14)22-16(17)10-11)15-6-4-5-13(3)21-15/h4-6,9-10,19-20,22H,7-8H2,1-3H3. The molecular formula is C19H21N3. The average molecular weight is 291 g/mol. The summed E-state index contributed by atoms with van der Waals surface area (Å²) in [5.41, 5.74) is 8.83. The number of aryl methyl sites for hydroxylation is 3. The highest BCUT2D eigenvalue weighted by Crippen LogP contribution is 2.34. The Morgan fingerprint density at radius 3 is 2.82 bits per heavy atom. The Morgan fingerprint density at radius 2 is 2.00 bits per heavy atom. The maximum atomic E-state index is 4.72. The molecule has 0 amide bonds. The van der Waals surface area contributed by atoms with Gasteiger partial charge in [0, 0.05) is 28.8 Å². The predicted octanol–water partition coefficient (Wildman–Crippen LogP) is 3.72. The van der Waals surface area contributed by atoms with Gasteiger partial charge < -0.3 is 10.3 Å². The first-order valence-corrected chi connectivity index (χ1v) is 7.92. The molecule has 0 aliphatic carbocycles. The summed E-state index contributed by atoms with van der Waals surface area (Å²) in [4.78, 5) is 8.39. The number of nitrogens with one attached hydrogen (secondary N) is 2. The van der Waals surface area contributed by atoms with Gasteiger partial charge in [0.2, 0.25) is 0 Å². The van der Waals surface area contributed by atoms with E-state index in [2.05, 4.69) is 48.4 Å². The summed E-state index contributed by atoms with van der Waals surface area (Å²) in [5.74, 6) is 0. The van der Waals surface area contributed by atoms with E-state index in [0.717, 1.165) is 24.4 Å². The van der Waals surface area contributed by atoms with Crippen LogP contribution < -0.4 is 5.32 Å². The third-order valence-corrected chi connectivity index (χ3v) is 4.59. The van der Waals surface area contributed by atoms with E-state index in [1.807, 2.05) is 13.0 Å². The highest BCUT2D eigenvalue weighted by Gasteiger charge is 2.26. The van der Waals surface area contributed by atoms with E-state index in [-0.39, 0.29) is 6.04 Å². The first kappa shape index (κ1) is 13.5. The normalized spacial score (nSPS) is 17.7. The van der Waals surface area contributed by atoms with Crippen molar-refractivity contribution in [3.8, 4) is 0 Å². The zero-order valence-corrected chi connectivity index (χ0v) is 13.3. The molecule has 0 saturated heterocycles. The highest BCUT2D eigenvalue weighted by atomic mass is 15.0. The fourth-order valence-corrected chi connectivity index (χ4v) is 3.75. The molecule has 3 heteroatoms. The van der Waals surface area contributed by atoms with Crippen LogP contribution >= 0.6 is 0 Å². The predicted molar refractivity (Wildman–Crippen MR) is 90.3 cm³/mol. The number of fused-ring (bicyclic) bond motifs is 3. The molecule has 2 N–H and O–H groups in total. The molecule has 0 saturated carbocycles. The summed E-state index contributed by atoms with van der Waals surface area (Å²) in [6, 6.07) is 10.9. The third-order valence-electron chi connectivity index (χ3n) is 4.59. The minimum Gasteiger partial charge on any atom is -0.357 e. The molecule has 1 aliphatic rings. The van der Waals surface area contributed by atoms with E-state index >= 15 is 0 Å². The van der Waals surface area contributed by atoms with Crippen LogP contribution in [0.25, 0.3) is 10.9 Å². The van der Waals surface area contributed by atoms with Gasteiger partial charge >= 0.3 is 0 Å². The molecule has 0 bridgehead atoms. The van der Waals surface area contributed by atoms with E-state index in [0.29, 0.717) is 0 Å². The van der Waals surface area contributed by atoms with Crippen molar-refractivity contribution in [2.45, 2.75) is 33.2 Å². The molecule has 1 unspecified atom stereocenters. The van der Waals surface area contributed by atoms with Crippen molar-refractivity contribution in [3.63, 3.8) is 0 Å². The van der Waals surface area contributed by atoms with Gasteiger partial charge in [0.15, 0.2) is 0 Å². The second-order valence-electron chi connectivity index (χ2n) is 6.36. The first-order chi connectivity index (χ1) is 10.6. The molecule has 2 aromatic heterocycles. The van der Waals surface area contributed by atoms with Crippen molar-refractivity contribution in [1.29, 1.82) is 0 Å². The number of hydrogen-bond acceptors (Lipinski definition) is 2. The smallest absolute Gasteiger partial charge is 0.0906 e. The van der Waals surface area contributed by atoms with Crippen LogP contribution in [0.2, 0.25) is 0 Å². The monoisotopic (exact) mass is 291 g/mol. The van der Waals surface area contributed by atoms with Crippen LogP contribution in [-0.4, -0.2) is 16.5 Å². The van der Waals surface area contributed by atoms with Crippen LogP contribution in [0, 0.1) is 20.8 Å². The summed E-state index contributed by atoms with van der Waals surface area (Å²) >= 11 is 0. The van der Waals surface area contributed by atoms with Crippen molar-refractivity contribution in [1.82, 2.24) is 15.3 Å². The average Bonchev–Trinajstić information content (AvgIpc) is 2.85. The van der Waals surface area contributed by atoms with Crippen LogP contribution in [0.4, 0.5) is 0 Å². The molecule has 1 aliphatic heterocycles. The maximum Gasteiger partial charge on any atom is 0.0906 e. The van der Waals surface area contributed by atoms with E-state index in [4.69, 9.17) is 4.98 Å². The summed E-state index contributed by atoms with van der Waals surface area (Å²) in [7, 11) is 0. The summed E-state index contributed by atoms with van der Waals surface area (Å²) in [6.45, 7) is 7.41. The van der Waals surface area contributed by atoms with Gasteiger partial charge in [0.05, 0.1) is 11.7 Å². The lowest BCUT2D eigenvalue weighted by molar-refractivity contribution is 0.548. The summed E-state index contributed by atoms with van der Waals surface area (Å²) in [6.07, 6.45) is 1.07. The minimum absolute atomic E-state index is 0.163. The molecule has 1 atom stereocenters.